The van der Waals surface area contributed by atoms with Gasteiger partial charge < -0.3 is 4.57 Å². The number of hydrogen-bond donors (Lipinski definition) is 1. The van der Waals surface area contributed by atoms with Crippen molar-refractivity contribution in [1.29, 1.82) is 0 Å². The van der Waals surface area contributed by atoms with Crippen LogP contribution in [-0.2, 0) is 16.1 Å². The molecule has 4 amide bonds. The van der Waals surface area contributed by atoms with E-state index in [4.69, 9.17) is 23.2 Å². The van der Waals surface area contributed by atoms with Gasteiger partial charge in [0.15, 0.2) is 0 Å². The van der Waals surface area contributed by atoms with Gasteiger partial charge in [0.25, 0.3) is 11.8 Å². The lowest BCUT2D eigenvalue weighted by atomic mass is 10.1. The standard InChI is InChI=1S/C23H17Cl2N3O3/c1-2-9-28-22(30)18(21(29)26-23(28)31)10-15-13-27(20-6-4-3-5-17(15)20)12-14-7-8-16(24)11-19(14)25/h2-8,10-11,13H,1,9,12H2,(H,26,29,31)/b18-10-. The highest BCUT2D eigenvalue weighted by Gasteiger charge is 2.35. The maximum Gasteiger partial charge on any atom is 0.331 e. The topological polar surface area (TPSA) is 71.4 Å². The van der Waals surface area contributed by atoms with Crippen LogP contribution in [0.5, 0.6) is 0 Å². The Labute approximate surface area is 188 Å². The Bertz CT molecular complexity index is 1280. The summed E-state index contributed by atoms with van der Waals surface area (Å²) in [6.45, 7) is 4.03. The Morgan fingerprint density at radius 3 is 2.58 bits per heavy atom. The van der Waals surface area contributed by atoms with E-state index in [9.17, 15) is 14.4 Å². The van der Waals surface area contributed by atoms with Crippen molar-refractivity contribution >= 4 is 58.0 Å². The molecule has 0 bridgehead atoms. The van der Waals surface area contributed by atoms with E-state index in [1.54, 1.807) is 12.1 Å². The van der Waals surface area contributed by atoms with Gasteiger partial charge in [-0.15, -0.1) is 6.58 Å². The lowest BCUT2D eigenvalue weighted by Gasteiger charge is -2.25. The second-order valence-corrected chi connectivity index (χ2v) is 7.83. The van der Waals surface area contributed by atoms with Gasteiger partial charge in [0.2, 0.25) is 0 Å². The number of hydrogen-bond acceptors (Lipinski definition) is 3. The van der Waals surface area contributed by atoms with Crippen molar-refractivity contribution in [3.8, 4) is 0 Å². The molecule has 0 saturated carbocycles. The predicted octanol–water partition coefficient (Wildman–Crippen LogP) is 4.64. The molecule has 31 heavy (non-hydrogen) atoms. The molecule has 156 valence electrons. The third kappa shape index (κ3) is 4.00. The molecule has 6 nitrogen and oxygen atoms in total. The molecule has 0 atom stereocenters. The lowest BCUT2D eigenvalue weighted by Crippen LogP contribution is -2.54. The molecular weight excluding hydrogens is 437 g/mol. The van der Waals surface area contributed by atoms with E-state index in [0.29, 0.717) is 22.2 Å². The number of carbonyl (C=O) groups is 3. The van der Waals surface area contributed by atoms with E-state index in [1.165, 1.54) is 12.2 Å². The molecule has 1 aliphatic heterocycles. The number of para-hydroxylation sites is 1. The summed E-state index contributed by atoms with van der Waals surface area (Å²) in [4.78, 5) is 38.0. The summed E-state index contributed by atoms with van der Waals surface area (Å²) in [7, 11) is 0. The van der Waals surface area contributed by atoms with Crippen molar-refractivity contribution in [3.63, 3.8) is 0 Å². The van der Waals surface area contributed by atoms with E-state index in [1.807, 2.05) is 41.1 Å². The second-order valence-electron chi connectivity index (χ2n) is 6.99. The molecule has 1 aliphatic rings. The molecule has 8 heteroatoms. The molecule has 1 N–H and O–H groups in total. The Morgan fingerprint density at radius 2 is 1.84 bits per heavy atom. The van der Waals surface area contributed by atoms with Gasteiger partial charge in [-0.05, 0) is 29.8 Å². The highest BCUT2D eigenvalue weighted by Crippen LogP contribution is 2.28. The van der Waals surface area contributed by atoms with Crippen molar-refractivity contribution in [2.45, 2.75) is 6.54 Å². The summed E-state index contributed by atoms with van der Waals surface area (Å²) in [6.07, 6.45) is 4.77. The number of urea groups is 1. The third-order valence-corrected chi connectivity index (χ3v) is 5.56. The molecule has 4 rings (SSSR count). The van der Waals surface area contributed by atoms with Crippen molar-refractivity contribution in [2.75, 3.05) is 6.54 Å². The lowest BCUT2D eigenvalue weighted by molar-refractivity contribution is -0.129. The minimum atomic E-state index is -0.758. The molecule has 0 radical (unpaired) electrons. The molecule has 0 aliphatic carbocycles. The fraction of sp³-hybridized carbons (Fsp3) is 0.0870. The van der Waals surface area contributed by atoms with Gasteiger partial charge >= 0.3 is 6.03 Å². The van der Waals surface area contributed by atoms with Crippen LogP contribution in [-0.4, -0.2) is 33.9 Å². The average Bonchev–Trinajstić information content (AvgIpc) is 3.08. The molecule has 3 aromatic rings. The molecule has 0 spiro atoms. The van der Waals surface area contributed by atoms with Gasteiger partial charge in [-0.2, -0.15) is 0 Å². The number of nitrogens with zero attached hydrogens (tertiary/aromatic N) is 2. The zero-order valence-corrected chi connectivity index (χ0v) is 17.8. The number of rotatable bonds is 5. The van der Waals surface area contributed by atoms with Crippen molar-refractivity contribution in [3.05, 3.63) is 88.1 Å². The fourth-order valence-electron chi connectivity index (χ4n) is 3.50. The summed E-state index contributed by atoms with van der Waals surface area (Å²) in [5.74, 6) is -1.39. The van der Waals surface area contributed by atoms with Crippen LogP contribution in [0.1, 0.15) is 11.1 Å². The van der Waals surface area contributed by atoms with E-state index < -0.39 is 17.8 Å². The quantitative estimate of drug-likeness (QED) is 0.347. The van der Waals surface area contributed by atoms with Gasteiger partial charge in [0.1, 0.15) is 5.57 Å². The van der Waals surface area contributed by atoms with Gasteiger partial charge in [-0.1, -0.05) is 53.5 Å². The minimum Gasteiger partial charge on any atom is -0.342 e. The van der Waals surface area contributed by atoms with Crippen LogP contribution in [0, 0.1) is 0 Å². The van der Waals surface area contributed by atoms with Crippen molar-refractivity contribution in [1.82, 2.24) is 14.8 Å². The number of nitrogens with one attached hydrogen (secondary N) is 1. The summed E-state index contributed by atoms with van der Waals surface area (Å²) >= 11 is 12.3. The first-order valence-electron chi connectivity index (χ1n) is 9.40. The van der Waals surface area contributed by atoms with Gasteiger partial charge in [0.05, 0.1) is 0 Å². The van der Waals surface area contributed by atoms with E-state index in [0.717, 1.165) is 21.4 Å². The van der Waals surface area contributed by atoms with Crippen LogP contribution in [0.4, 0.5) is 4.79 Å². The zero-order valence-electron chi connectivity index (χ0n) is 16.3. The number of aromatic nitrogens is 1. The summed E-state index contributed by atoms with van der Waals surface area (Å²) in [6, 6.07) is 12.2. The number of amides is 4. The van der Waals surface area contributed by atoms with Crippen molar-refractivity contribution in [2.24, 2.45) is 0 Å². The van der Waals surface area contributed by atoms with Crippen LogP contribution in [0.25, 0.3) is 17.0 Å². The molecule has 1 fully saturated rings. The van der Waals surface area contributed by atoms with Crippen LogP contribution in [0.15, 0.2) is 66.9 Å². The van der Waals surface area contributed by atoms with Crippen LogP contribution in [0.3, 0.4) is 0 Å². The maximum atomic E-state index is 12.7. The van der Waals surface area contributed by atoms with Gasteiger partial charge in [0, 0.05) is 45.8 Å². The number of imide groups is 2. The average molecular weight is 454 g/mol. The number of halogens is 2. The van der Waals surface area contributed by atoms with Gasteiger partial charge in [-0.25, -0.2) is 4.79 Å². The van der Waals surface area contributed by atoms with Crippen LogP contribution < -0.4 is 5.32 Å². The summed E-state index contributed by atoms with van der Waals surface area (Å²) < 4.78 is 1.98. The zero-order chi connectivity index (χ0) is 22.1. The summed E-state index contributed by atoms with van der Waals surface area (Å²) in [5, 5.41) is 4.15. The Morgan fingerprint density at radius 1 is 1.06 bits per heavy atom. The number of carbonyl (C=O) groups excluding carboxylic acids is 3. The first-order chi connectivity index (χ1) is 14.9. The first kappa shape index (κ1) is 20.9. The number of fused-ring (bicyclic) bond motifs is 1. The molecule has 2 aromatic carbocycles. The summed E-state index contributed by atoms with van der Waals surface area (Å²) in [5.41, 5.74) is 2.34. The third-order valence-electron chi connectivity index (χ3n) is 4.97. The minimum absolute atomic E-state index is 0.00606. The van der Waals surface area contributed by atoms with Crippen LogP contribution in [0.2, 0.25) is 10.0 Å². The Hall–Kier alpha value is -3.35. The Balaban J connectivity index is 1.78. The highest BCUT2D eigenvalue weighted by molar-refractivity contribution is 6.35. The SMILES string of the molecule is C=CCN1C(=O)NC(=O)/C(=C/c2cn(Cc3ccc(Cl)cc3Cl)c3ccccc23)C1=O. The van der Waals surface area contributed by atoms with Gasteiger partial charge in [-0.3, -0.25) is 19.8 Å². The van der Waals surface area contributed by atoms with E-state index >= 15 is 0 Å². The molecule has 2 heterocycles. The molecule has 0 unspecified atom stereocenters. The van der Waals surface area contributed by atoms with E-state index in [2.05, 4.69) is 11.9 Å². The number of barbiturate groups is 1. The fourth-order valence-corrected chi connectivity index (χ4v) is 3.97. The van der Waals surface area contributed by atoms with Crippen LogP contribution >= 0.6 is 23.2 Å². The first-order valence-corrected chi connectivity index (χ1v) is 10.2. The second kappa shape index (κ2) is 8.41. The van der Waals surface area contributed by atoms with Crippen molar-refractivity contribution < 1.29 is 14.4 Å². The molecule has 1 aromatic heterocycles. The number of benzene rings is 2. The predicted molar refractivity (Wildman–Crippen MR) is 121 cm³/mol. The highest BCUT2D eigenvalue weighted by atomic mass is 35.5. The molecular formula is C23H17Cl2N3O3. The normalized spacial score (nSPS) is 15.6. The van der Waals surface area contributed by atoms with E-state index in [-0.39, 0.29) is 12.1 Å². The maximum absolute atomic E-state index is 12.7. The monoisotopic (exact) mass is 453 g/mol. The Kier molecular flexibility index (Phi) is 5.67. The molecule has 1 saturated heterocycles. The largest absolute Gasteiger partial charge is 0.342 e. The smallest absolute Gasteiger partial charge is 0.331 e.